The number of hydrogen-bond acceptors (Lipinski definition) is 6. The highest BCUT2D eigenvalue weighted by atomic mass is 79.9. The molecule has 4 N–H and O–H groups in total. The topological polar surface area (TPSA) is 127 Å². The lowest BCUT2D eigenvalue weighted by Gasteiger charge is -2.07. The Bertz CT molecular complexity index is 642. The Hall–Kier alpha value is -1.52. The van der Waals surface area contributed by atoms with Gasteiger partial charge in [0.05, 0.1) is 11.4 Å². The van der Waals surface area contributed by atoms with Crippen LogP contribution in [-0.2, 0) is 16.6 Å². The molecule has 0 fully saturated rings. The maximum absolute atomic E-state index is 12.0. The van der Waals surface area contributed by atoms with Crippen LogP contribution >= 0.6 is 15.9 Å². The number of nitrogens with zero attached hydrogens (tertiary/aromatic N) is 3. The summed E-state index contributed by atoms with van der Waals surface area (Å²) < 4.78 is 26.8. The number of hydrogen-bond donors (Lipinski definition) is 3. The molecule has 0 bridgehead atoms. The molecule has 2 rings (SSSR count). The van der Waals surface area contributed by atoms with E-state index in [0.29, 0.717) is 10.2 Å². The number of benzene rings is 1. The highest BCUT2D eigenvalue weighted by Crippen LogP contribution is 2.24. The number of H-pyrrole nitrogens is 1. The first-order chi connectivity index (χ1) is 8.49. The van der Waals surface area contributed by atoms with Gasteiger partial charge in [-0.15, -0.1) is 10.2 Å². The van der Waals surface area contributed by atoms with Gasteiger partial charge in [0.2, 0.25) is 10.0 Å². The summed E-state index contributed by atoms with van der Waals surface area (Å²) in [5.74, 6) is 0.249. The quantitative estimate of drug-likeness (QED) is 0.677. The van der Waals surface area contributed by atoms with Crippen molar-refractivity contribution in [3.8, 4) is 0 Å². The number of halogens is 1. The number of anilines is 1. The van der Waals surface area contributed by atoms with Crippen LogP contribution in [0.1, 0.15) is 5.82 Å². The van der Waals surface area contributed by atoms with Crippen LogP contribution in [0.15, 0.2) is 27.6 Å². The number of sulfonamides is 1. The third-order valence-electron chi connectivity index (χ3n) is 2.05. The van der Waals surface area contributed by atoms with Crippen LogP contribution < -0.4 is 10.5 Å². The first-order valence-corrected chi connectivity index (χ1v) is 7.03. The van der Waals surface area contributed by atoms with Crippen molar-refractivity contribution in [3.63, 3.8) is 0 Å². The lowest BCUT2D eigenvalue weighted by atomic mass is 10.3. The Labute approximate surface area is 111 Å². The number of aromatic nitrogens is 4. The number of nitrogens with two attached hydrogens (primary N) is 1. The molecular weight excluding hydrogens is 324 g/mol. The van der Waals surface area contributed by atoms with E-state index in [4.69, 9.17) is 5.73 Å². The van der Waals surface area contributed by atoms with Crippen molar-refractivity contribution >= 4 is 31.6 Å². The Morgan fingerprint density at radius 2 is 2.22 bits per heavy atom. The van der Waals surface area contributed by atoms with E-state index in [-0.39, 0.29) is 17.3 Å². The monoisotopic (exact) mass is 332 g/mol. The first kappa shape index (κ1) is 12.9. The van der Waals surface area contributed by atoms with E-state index in [9.17, 15) is 8.42 Å². The molecule has 18 heavy (non-hydrogen) atoms. The predicted molar refractivity (Wildman–Crippen MR) is 66.8 cm³/mol. The summed E-state index contributed by atoms with van der Waals surface area (Å²) in [5.41, 5.74) is 5.92. The highest BCUT2D eigenvalue weighted by Gasteiger charge is 2.18. The molecule has 0 unspecified atom stereocenters. The van der Waals surface area contributed by atoms with E-state index in [2.05, 4.69) is 41.3 Å². The van der Waals surface area contributed by atoms with Crippen molar-refractivity contribution in [3.05, 3.63) is 28.5 Å². The molecular formula is C8H9BrN6O2S. The molecule has 0 saturated heterocycles. The van der Waals surface area contributed by atoms with Gasteiger partial charge in [-0.1, -0.05) is 5.21 Å². The van der Waals surface area contributed by atoms with Gasteiger partial charge in [0.25, 0.3) is 0 Å². The van der Waals surface area contributed by atoms with Crippen LogP contribution in [0.3, 0.4) is 0 Å². The number of tetrazole rings is 1. The molecule has 0 radical (unpaired) electrons. The molecule has 0 aliphatic rings. The van der Waals surface area contributed by atoms with E-state index in [1.165, 1.54) is 6.07 Å². The minimum Gasteiger partial charge on any atom is -0.399 e. The lowest BCUT2D eigenvalue weighted by Crippen LogP contribution is -2.24. The van der Waals surface area contributed by atoms with Gasteiger partial charge in [-0.3, -0.25) is 0 Å². The zero-order chi connectivity index (χ0) is 13.2. The zero-order valence-corrected chi connectivity index (χ0v) is 11.4. The van der Waals surface area contributed by atoms with Crippen molar-refractivity contribution in [2.24, 2.45) is 0 Å². The third-order valence-corrected chi connectivity index (χ3v) is 4.45. The molecule has 0 saturated carbocycles. The van der Waals surface area contributed by atoms with Crippen molar-refractivity contribution in [1.82, 2.24) is 25.3 Å². The van der Waals surface area contributed by atoms with Gasteiger partial charge in [-0.2, -0.15) is 5.21 Å². The van der Waals surface area contributed by atoms with E-state index >= 15 is 0 Å². The Balaban J connectivity index is 2.22. The molecule has 0 spiro atoms. The molecule has 96 valence electrons. The minimum atomic E-state index is -3.69. The smallest absolute Gasteiger partial charge is 0.242 e. The van der Waals surface area contributed by atoms with Crippen LogP contribution in [0.2, 0.25) is 0 Å². The summed E-state index contributed by atoms with van der Waals surface area (Å²) in [5, 5.41) is 12.8. The average Bonchev–Trinajstić information content (AvgIpc) is 2.83. The number of nitrogen functional groups attached to an aromatic ring is 1. The molecule has 1 aromatic carbocycles. The third kappa shape index (κ3) is 2.83. The second kappa shape index (κ2) is 5.00. The summed E-state index contributed by atoms with van der Waals surface area (Å²) in [7, 11) is -3.69. The second-order valence-corrected chi connectivity index (χ2v) is 5.93. The zero-order valence-electron chi connectivity index (χ0n) is 8.96. The molecule has 0 aliphatic heterocycles. The van der Waals surface area contributed by atoms with Gasteiger partial charge in [-0.05, 0) is 34.1 Å². The molecule has 1 aromatic heterocycles. The molecule has 0 amide bonds. The van der Waals surface area contributed by atoms with Crippen LogP contribution in [0.4, 0.5) is 5.69 Å². The van der Waals surface area contributed by atoms with E-state index in [0.717, 1.165) is 0 Å². The summed E-state index contributed by atoms with van der Waals surface area (Å²) in [6.45, 7) is -0.0555. The fourth-order valence-corrected chi connectivity index (χ4v) is 3.20. The Morgan fingerprint density at radius 1 is 1.44 bits per heavy atom. The molecule has 8 nitrogen and oxygen atoms in total. The van der Waals surface area contributed by atoms with Gasteiger partial charge in [-0.25, -0.2) is 13.1 Å². The fourth-order valence-electron chi connectivity index (χ4n) is 1.22. The molecule has 10 heteroatoms. The van der Waals surface area contributed by atoms with Gasteiger partial charge >= 0.3 is 0 Å². The van der Waals surface area contributed by atoms with E-state index in [1.54, 1.807) is 12.1 Å². The normalized spacial score (nSPS) is 11.6. The largest absolute Gasteiger partial charge is 0.399 e. The van der Waals surface area contributed by atoms with Crippen LogP contribution in [0.5, 0.6) is 0 Å². The number of aromatic amines is 1. The van der Waals surface area contributed by atoms with Gasteiger partial charge < -0.3 is 5.73 Å². The summed E-state index contributed by atoms with van der Waals surface area (Å²) in [4.78, 5) is 0.0611. The van der Waals surface area contributed by atoms with E-state index in [1.807, 2.05) is 0 Å². The van der Waals surface area contributed by atoms with Crippen molar-refractivity contribution < 1.29 is 8.42 Å². The van der Waals surface area contributed by atoms with Crippen LogP contribution in [0.25, 0.3) is 0 Å². The fraction of sp³-hybridized carbons (Fsp3) is 0.125. The highest BCUT2D eigenvalue weighted by molar-refractivity contribution is 9.10. The SMILES string of the molecule is Nc1ccc(Br)c(S(=O)(=O)NCc2nn[nH]n2)c1. The van der Waals surface area contributed by atoms with Crippen LogP contribution in [-0.4, -0.2) is 29.0 Å². The molecule has 0 atom stereocenters. The van der Waals surface area contributed by atoms with Crippen LogP contribution in [0, 0.1) is 0 Å². The molecule has 2 aromatic rings. The number of nitrogens with one attached hydrogen (secondary N) is 2. The van der Waals surface area contributed by atoms with Crippen molar-refractivity contribution in [2.45, 2.75) is 11.4 Å². The van der Waals surface area contributed by atoms with E-state index < -0.39 is 10.0 Å². The van der Waals surface area contributed by atoms with Gasteiger partial charge in [0.1, 0.15) is 0 Å². The number of rotatable bonds is 4. The Morgan fingerprint density at radius 3 is 2.89 bits per heavy atom. The maximum Gasteiger partial charge on any atom is 0.242 e. The second-order valence-electron chi connectivity index (χ2n) is 3.34. The first-order valence-electron chi connectivity index (χ1n) is 4.76. The molecule has 1 heterocycles. The average molecular weight is 333 g/mol. The summed E-state index contributed by atoms with van der Waals surface area (Å²) in [6.07, 6.45) is 0. The van der Waals surface area contributed by atoms with Gasteiger partial charge in [0.15, 0.2) is 5.82 Å². The molecule has 0 aliphatic carbocycles. The summed E-state index contributed by atoms with van der Waals surface area (Å²) in [6, 6.07) is 4.53. The van der Waals surface area contributed by atoms with Crippen molar-refractivity contribution in [1.29, 1.82) is 0 Å². The van der Waals surface area contributed by atoms with Gasteiger partial charge in [0, 0.05) is 10.2 Å². The predicted octanol–water partition coefficient (Wildman–Crippen LogP) is 0.0229. The lowest BCUT2D eigenvalue weighted by molar-refractivity contribution is 0.579. The maximum atomic E-state index is 12.0. The standard InChI is InChI=1S/C8H9BrN6O2S/c9-6-2-1-5(10)3-7(6)18(16,17)11-4-8-12-14-15-13-8/h1-3,11H,4,10H2,(H,12,13,14,15). The summed E-state index contributed by atoms with van der Waals surface area (Å²) >= 11 is 3.16. The van der Waals surface area contributed by atoms with Crippen molar-refractivity contribution in [2.75, 3.05) is 5.73 Å². The minimum absolute atomic E-state index is 0.0555. The Kier molecular flexibility index (Phi) is 3.59.